The fourth-order valence-corrected chi connectivity index (χ4v) is 1.68. The van der Waals surface area contributed by atoms with Crippen LogP contribution in [0.25, 0.3) is 0 Å². The Morgan fingerprint density at radius 3 is 2.67 bits per heavy atom. The number of nitrogens with zero attached hydrogens (tertiary/aromatic N) is 2. The van der Waals surface area contributed by atoms with Crippen LogP contribution in [-0.2, 0) is 13.6 Å². The maximum absolute atomic E-state index is 9.06. The van der Waals surface area contributed by atoms with Crippen molar-refractivity contribution < 1.29 is 5.11 Å². The number of aliphatic hydroxyl groups is 1. The summed E-state index contributed by atoms with van der Waals surface area (Å²) in [4.78, 5) is 3.93. The van der Waals surface area contributed by atoms with E-state index in [0.29, 0.717) is 23.4 Å². The van der Waals surface area contributed by atoms with Crippen LogP contribution in [-0.4, -0.2) is 27.3 Å². The molecule has 15 heavy (non-hydrogen) atoms. The lowest BCUT2D eigenvalue weighted by molar-refractivity contribution is 0.183. The number of aliphatic hydroxyl groups excluding tert-OH is 1. The summed E-state index contributed by atoms with van der Waals surface area (Å²) in [5.74, 6) is 0. The summed E-state index contributed by atoms with van der Waals surface area (Å²) in [6.07, 6.45) is 0.423. The average Bonchev–Trinajstić information content (AvgIpc) is 2.37. The standard InChI is InChI=1S/C9H15Cl2N3O/c1-6(15)3-4-12-5-7-8(10)13-9(11)14(7)2/h6,12,15H,3-5H2,1-2H3. The smallest absolute Gasteiger partial charge is 0.204 e. The predicted molar refractivity (Wildman–Crippen MR) is 61.2 cm³/mol. The number of nitrogens with one attached hydrogen (secondary N) is 1. The summed E-state index contributed by atoms with van der Waals surface area (Å²) < 4.78 is 1.74. The molecule has 0 aliphatic heterocycles. The van der Waals surface area contributed by atoms with Gasteiger partial charge in [-0.05, 0) is 31.5 Å². The SMILES string of the molecule is CC(O)CCNCc1c(Cl)nc(Cl)n1C. The summed E-state index contributed by atoms with van der Waals surface area (Å²) in [5.41, 5.74) is 0.854. The van der Waals surface area contributed by atoms with Crippen molar-refractivity contribution in [1.29, 1.82) is 0 Å². The Labute approximate surface area is 99.2 Å². The van der Waals surface area contributed by atoms with Crippen LogP contribution in [0.15, 0.2) is 0 Å². The van der Waals surface area contributed by atoms with E-state index in [4.69, 9.17) is 28.3 Å². The zero-order valence-corrected chi connectivity index (χ0v) is 10.3. The van der Waals surface area contributed by atoms with E-state index in [0.717, 1.165) is 12.2 Å². The van der Waals surface area contributed by atoms with Crippen LogP contribution in [0.4, 0.5) is 0 Å². The second-order valence-corrected chi connectivity index (χ2v) is 4.19. The van der Waals surface area contributed by atoms with Gasteiger partial charge in [-0.2, -0.15) is 0 Å². The lowest BCUT2D eigenvalue weighted by Gasteiger charge is -2.07. The highest BCUT2D eigenvalue weighted by Crippen LogP contribution is 2.18. The number of aromatic nitrogens is 2. The normalized spacial score (nSPS) is 13.1. The van der Waals surface area contributed by atoms with E-state index in [2.05, 4.69) is 10.3 Å². The molecule has 0 bridgehead atoms. The van der Waals surface area contributed by atoms with Gasteiger partial charge in [-0.1, -0.05) is 11.6 Å². The van der Waals surface area contributed by atoms with E-state index in [1.54, 1.807) is 11.5 Å². The van der Waals surface area contributed by atoms with Gasteiger partial charge >= 0.3 is 0 Å². The zero-order chi connectivity index (χ0) is 11.4. The minimum Gasteiger partial charge on any atom is -0.393 e. The van der Waals surface area contributed by atoms with Crippen LogP contribution >= 0.6 is 23.2 Å². The van der Waals surface area contributed by atoms with Gasteiger partial charge in [0.15, 0.2) is 5.15 Å². The van der Waals surface area contributed by atoms with Crippen LogP contribution in [0.1, 0.15) is 19.0 Å². The summed E-state index contributed by atoms with van der Waals surface area (Å²) >= 11 is 11.7. The second-order valence-electron chi connectivity index (χ2n) is 3.49. The fraction of sp³-hybridized carbons (Fsp3) is 0.667. The van der Waals surface area contributed by atoms with E-state index in [1.807, 2.05) is 7.05 Å². The quantitative estimate of drug-likeness (QED) is 0.782. The molecule has 0 aromatic carbocycles. The first-order chi connectivity index (χ1) is 7.02. The van der Waals surface area contributed by atoms with Crippen LogP contribution in [0.5, 0.6) is 0 Å². The van der Waals surface area contributed by atoms with Gasteiger partial charge in [0.1, 0.15) is 0 Å². The highest BCUT2D eigenvalue weighted by molar-refractivity contribution is 6.32. The highest BCUT2D eigenvalue weighted by atomic mass is 35.5. The zero-order valence-electron chi connectivity index (χ0n) is 8.80. The number of hydrogen-bond donors (Lipinski definition) is 2. The van der Waals surface area contributed by atoms with Crippen LogP contribution in [0.2, 0.25) is 10.4 Å². The van der Waals surface area contributed by atoms with E-state index < -0.39 is 0 Å². The van der Waals surface area contributed by atoms with Crippen molar-refractivity contribution in [3.63, 3.8) is 0 Å². The molecule has 1 heterocycles. The van der Waals surface area contributed by atoms with Gasteiger partial charge in [0.25, 0.3) is 0 Å². The third kappa shape index (κ3) is 3.65. The average molecular weight is 252 g/mol. The molecule has 4 nitrogen and oxygen atoms in total. The van der Waals surface area contributed by atoms with Gasteiger partial charge in [-0.3, -0.25) is 0 Å². The van der Waals surface area contributed by atoms with Crippen molar-refractivity contribution in [2.24, 2.45) is 7.05 Å². The summed E-state index contributed by atoms with van der Waals surface area (Å²) in [5, 5.41) is 13.0. The van der Waals surface area contributed by atoms with Gasteiger partial charge in [0.2, 0.25) is 5.28 Å². The van der Waals surface area contributed by atoms with Crippen molar-refractivity contribution in [1.82, 2.24) is 14.9 Å². The van der Waals surface area contributed by atoms with Gasteiger partial charge in [0.05, 0.1) is 11.8 Å². The Morgan fingerprint density at radius 1 is 1.53 bits per heavy atom. The molecule has 0 saturated heterocycles. The Kier molecular flexibility index (Phi) is 4.86. The van der Waals surface area contributed by atoms with E-state index in [-0.39, 0.29) is 6.10 Å². The molecule has 1 rings (SSSR count). The number of imidazole rings is 1. The molecule has 6 heteroatoms. The van der Waals surface area contributed by atoms with Gasteiger partial charge in [0, 0.05) is 13.6 Å². The number of hydrogen-bond acceptors (Lipinski definition) is 3. The molecule has 0 saturated carbocycles. The molecule has 0 fully saturated rings. The van der Waals surface area contributed by atoms with Crippen molar-refractivity contribution in [3.05, 3.63) is 16.1 Å². The minimum absolute atomic E-state index is 0.289. The van der Waals surface area contributed by atoms with Crippen LogP contribution in [0.3, 0.4) is 0 Å². The summed E-state index contributed by atoms with van der Waals surface area (Å²) in [6, 6.07) is 0. The second kappa shape index (κ2) is 5.70. The van der Waals surface area contributed by atoms with Crippen molar-refractivity contribution in [2.75, 3.05) is 6.54 Å². The molecule has 0 aliphatic carbocycles. The van der Waals surface area contributed by atoms with Crippen molar-refractivity contribution in [2.45, 2.75) is 26.0 Å². The van der Waals surface area contributed by atoms with Gasteiger partial charge in [-0.25, -0.2) is 4.98 Å². The molecule has 0 spiro atoms. The predicted octanol–water partition coefficient (Wildman–Crippen LogP) is 1.59. The van der Waals surface area contributed by atoms with Gasteiger partial charge < -0.3 is 15.0 Å². The molecule has 1 unspecified atom stereocenters. The highest BCUT2D eigenvalue weighted by Gasteiger charge is 2.10. The van der Waals surface area contributed by atoms with E-state index in [9.17, 15) is 0 Å². The third-order valence-corrected chi connectivity index (χ3v) is 2.78. The fourth-order valence-electron chi connectivity index (χ4n) is 1.18. The molecule has 0 aliphatic rings. The molecule has 1 aromatic heterocycles. The molecule has 1 aromatic rings. The first-order valence-electron chi connectivity index (χ1n) is 4.77. The Bertz CT molecular complexity index is 325. The van der Waals surface area contributed by atoms with Gasteiger partial charge in [-0.15, -0.1) is 0 Å². The molecule has 0 amide bonds. The lowest BCUT2D eigenvalue weighted by atomic mass is 10.3. The van der Waals surface area contributed by atoms with Crippen molar-refractivity contribution in [3.8, 4) is 0 Å². The topological polar surface area (TPSA) is 50.1 Å². The van der Waals surface area contributed by atoms with E-state index in [1.165, 1.54) is 0 Å². The molecule has 2 N–H and O–H groups in total. The lowest BCUT2D eigenvalue weighted by Crippen LogP contribution is -2.20. The number of rotatable bonds is 5. The number of halogens is 2. The molecule has 86 valence electrons. The van der Waals surface area contributed by atoms with Crippen molar-refractivity contribution >= 4 is 23.2 Å². The monoisotopic (exact) mass is 251 g/mol. The first kappa shape index (κ1) is 12.8. The molecular weight excluding hydrogens is 237 g/mol. The maximum atomic E-state index is 9.06. The molecule has 0 radical (unpaired) electrons. The van der Waals surface area contributed by atoms with E-state index >= 15 is 0 Å². The Hall–Kier alpha value is -0.290. The summed E-state index contributed by atoms with van der Waals surface area (Å²) in [6.45, 7) is 3.09. The summed E-state index contributed by atoms with van der Waals surface area (Å²) in [7, 11) is 1.81. The third-order valence-electron chi connectivity index (χ3n) is 2.14. The van der Waals surface area contributed by atoms with Crippen LogP contribution < -0.4 is 5.32 Å². The molecular formula is C9H15Cl2N3O. The maximum Gasteiger partial charge on any atom is 0.204 e. The Morgan fingerprint density at radius 2 is 2.20 bits per heavy atom. The Balaban J connectivity index is 2.44. The minimum atomic E-state index is -0.289. The first-order valence-corrected chi connectivity index (χ1v) is 5.53. The molecule has 1 atom stereocenters. The largest absolute Gasteiger partial charge is 0.393 e. The van der Waals surface area contributed by atoms with Crippen LogP contribution in [0, 0.1) is 0 Å².